The average molecular weight is 268 g/mol. The SMILES string of the molecule is COc1ccc2c(c1)C=NC1CCC(O)CC21.Cl. The van der Waals surface area contributed by atoms with Crippen molar-refractivity contribution < 1.29 is 9.84 Å². The highest BCUT2D eigenvalue weighted by molar-refractivity contribution is 5.85. The molecule has 0 bridgehead atoms. The minimum Gasteiger partial charge on any atom is -0.497 e. The van der Waals surface area contributed by atoms with E-state index in [4.69, 9.17) is 4.74 Å². The fourth-order valence-electron chi connectivity index (χ4n) is 2.95. The monoisotopic (exact) mass is 267 g/mol. The van der Waals surface area contributed by atoms with Crippen molar-refractivity contribution in [3.63, 3.8) is 0 Å². The van der Waals surface area contributed by atoms with Crippen LogP contribution in [0.15, 0.2) is 23.2 Å². The predicted octanol–water partition coefficient (Wildman–Crippen LogP) is 2.55. The van der Waals surface area contributed by atoms with E-state index < -0.39 is 0 Å². The molecular weight excluding hydrogens is 250 g/mol. The van der Waals surface area contributed by atoms with Crippen LogP contribution in [0.1, 0.15) is 36.3 Å². The summed E-state index contributed by atoms with van der Waals surface area (Å²) in [6.07, 6.45) is 4.50. The zero-order chi connectivity index (χ0) is 11.8. The van der Waals surface area contributed by atoms with Crippen LogP contribution in [0.4, 0.5) is 0 Å². The third-order valence-electron chi connectivity index (χ3n) is 3.88. The van der Waals surface area contributed by atoms with Crippen LogP contribution in [-0.4, -0.2) is 30.6 Å². The molecule has 0 saturated heterocycles. The first-order chi connectivity index (χ1) is 8.28. The van der Waals surface area contributed by atoms with Crippen LogP contribution in [0.3, 0.4) is 0 Å². The van der Waals surface area contributed by atoms with E-state index in [-0.39, 0.29) is 18.5 Å². The summed E-state index contributed by atoms with van der Waals surface area (Å²) in [7, 11) is 1.68. The topological polar surface area (TPSA) is 41.8 Å². The van der Waals surface area contributed by atoms with Crippen LogP contribution >= 0.6 is 12.4 Å². The summed E-state index contributed by atoms with van der Waals surface area (Å²) in [6.45, 7) is 0. The number of halogens is 1. The van der Waals surface area contributed by atoms with E-state index in [1.54, 1.807) is 7.11 Å². The van der Waals surface area contributed by atoms with E-state index in [9.17, 15) is 5.11 Å². The maximum Gasteiger partial charge on any atom is 0.119 e. The Hall–Kier alpha value is -1.06. The number of rotatable bonds is 1. The minimum absolute atomic E-state index is 0. The molecule has 1 aromatic rings. The Bertz CT molecular complexity index is 461. The van der Waals surface area contributed by atoms with E-state index in [0.29, 0.717) is 12.0 Å². The number of aliphatic hydroxyl groups is 1. The van der Waals surface area contributed by atoms with E-state index in [1.807, 2.05) is 18.3 Å². The van der Waals surface area contributed by atoms with Crippen LogP contribution in [0.2, 0.25) is 0 Å². The second-order valence-electron chi connectivity index (χ2n) is 4.91. The lowest BCUT2D eigenvalue weighted by Crippen LogP contribution is -2.31. The van der Waals surface area contributed by atoms with Crippen molar-refractivity contribution in [3.8, 4) is 5.75 Å². The fourth-order valence-corrected chi connectivity index (χ4v) is 2.95. The Morgan fingerprint density at radius 3 is 2.94 bits per heavy atom. The van der Waals surface area contributed by atoms with Gasteiger partial charge in [-0.2, -0.15) is 0 Å². The molecule has 1 aromatic carbocycles. The summed E-state index contributed by atoms with van der Waals surface area (Å²) in [4.78, 5) is 4.61. The molecule has 18 heavy (non-hydrogen) atoms. The minimum atomic E-state index is -0.167. The van der Waals surface area contributed by atoms with Crippen molar-refractivity contribution in [2.45, 2.75) is 37.3 Å². The van der Waals surface area contributed by atoms with Gasteiger partial charge < -0.3 is 9.84 Å². The third kappa shape index (κ3) is 2.25. The average Bonchev–Trinajstić information content (AvgIpc) is 2.37. The number of fused-ring (bicyclic) bond motifs is 3. The zero-order valence-corrected chi connectivity index (χ0v) is 11.2. The van der Waals surface area contributed by atoms with Crippen molar-refractivity contribution in [1.29, 1.82) is 0 Å². The smallest absolute Gasteiger partial charge is 0.119 e. The number of aliphatic hydroxyl groups excluding tert-OH is 1. The first-order valence-electron chi connectivity index (χ1n) is 6.17. The quantitative estimate of drug-likeness (QED) is 0.850. The Labute approximate surface area is 113 Å². The van der Waals surface area contributed by atoms with Gasteiger partial charge in [-0.15, -0.1) is 12.4 Å². The van der Waals surface area contributed by atoms with Crippen LogP contribution in [0.5, 0.6) is 5.75 Å². The third-order valence-corrected chi connectivity index (χ3v) is 3.88. The maximum absolute atomic E-state index is 9.80. The lowest BCUT2D eigenvalue weighted by atomic mass is 9.76. The highest BCUT2D eigenvalue weighted by Gasteiger charge is 2.33. The van der Waals surface area contributed by atoms with Gasteiger partial charge in [-0.1, -0.05) is 6.07 Å². The van der Waals surface area contributed by atoms with Gasteiger partial charge >= 0.3 is 0 Å². The van der Waals surface area contributed by atoms with Crippen molar-refractivity contribution in [2.24, 2.45) is 4.99 Å². The first-order valence-corrected chi connectivity index (χ1v) is 6.17. The van der Waals surface area contributed by atoms with Crippen molar-refractivity contribution in [3.05, 3.63) is 29.3 Å². The van der Waals surface area contributed by atoms with Gasteiger partial charge in [-0.25, -0.2) is 0 Å². The molecule has 3 nitrogen and oxygen atoms in total. The molecule has 1 aliphatic carbocycles. The fraction of sp³-hybridized carbons (Fsp3) is 0.500. The van der Waals surface area contributed by atoms with Crippen LogP contribution in [-0.2, 0) is 0 Å². The van der Waals surface area contributed by atoms with Crippen LogP contribution in [0, 0.1) is 0 Å². The van der Waals surface area contributed by atoms with Gasteiger partial charge in [-0.3, -0.25) is 4.99 Å². The normalized spacial score (nSPS) is 28.9. The summed E-state index contributed by atoms with van der Waals surface area (Å²) in [6, 6.07) is 6.50. The molecule has 1 saturated carbocycles. The predicted molar refractivity (Wildman–Crippen MR) is 74.2 cm³/mol. The largest absolute Gasteiger partial charge is 0.497 e. The number of methoxy groups -OCH3 is 1. The van der Waals surface area contributed by atoms with E-state index in [0.717, 1.165) is 30.6 Å². The van der Waals surface area contributed by atoms with Gasteiger partial charge in [0.25, 0.3) is 0 Å². The maximum atomic E-state index is 9.80. The van der Waals surface area contributed by atoms with Crippen molar-refractivity contribution in [1.82, 2.24) is 0 Å². The molecule has 98 valence electrons. The highest BCUT2D eigenvalue weighted by atomic mass is 35.5. The summed E-state index contributed by atoms with van der Waals surface area (Å²) in [5.41, 5.74) is 2.45. The van der Waals surface area contributed by atoms with Crippen molar-refractivity contribution in [2.75, 3.05) is 7.11 Å². The second-order valence-corrected chi connectivity index (χ2v) is 4.91. The molecule has 0 amide bonds. The first kappa shape index (κ1) is 13.4. The van der Waals surface area contributed by atoms with E-state index in [2.05, 4.69) is 11.1 Å². The molecular formula is C14H18ClNO2. The number of benzene rings is 1. The number of ether oxygens (including phenoxy) is 1. The van der Waals surface area contributed by atoms with Crippen LogP contribution < -0.4 is 4.74 Å². The van der Waals surface area contributed by atoms with Gasteiger partial charge in [0.15, 0.2) is 0 Å². The van der Waals surface area contributed by atoms with Gasteiger partial charge in [0.05, 0.1) is 19.3 Å². The summed E-state index contributed by atoms with van der Waals surface area (Å²) in [5.74, 6) is 1.25. The highest BCUT2D eigenvalue weighted by Crippen LogP contribution is 2.39. The van der Waals surface area contributed by atoms with E-state index >= 15 is 0 Å². The van der Waals surface area contributed by atoms with E-state index in [1.165, 1.54) is 5.56 Å². The number of hydrogen-bond acceptors (Lipinski definition) is 3. The molecule has 2 aliphatic rings. The molecule has 0 aromatic heterocycles. The molecule has 4 heteroatoms. The van der Waals surface area contributed by atoms with Gasteiger partial charge in [0, 0.05) is 12.1 Å². The Morgan fingerprint density at radius 2 is 2.17 bits per heavy atom. The summed E-state index contributed by atoms with van der Waals surface area (Å²) < 4.78 is 5.23. The van der Waals surface area contributed by atoms with Gasteiger partial charge in [0.2, 0.25) is 0 Å². The Kier molecular flexibility index (Phi) is 3.93. The standard InChI is InChI=1S/C14H17NO2.ClH/c1-17-11-3-4-12-9(6-11)8-15-14-5-2-10(16)7-13(12)14;/h3-4,6,8,10,13-14,16H,2,5,7H2,1H3;1H. The van der Waals surface area contributed by atoms with Crippen LogP contribution in [0.25, 0.3) is 0 Å². The van der Waals surface area contributed by atoms with Gasteiger partial charge in [0.1, 0.15) is 5.75 Å². The summed E-state index contributed by atoms with van der Waals surface area (Å²) >= 11 is 0. The molecule has 0 radical (unpaired) electrons. The molecule has 0 spiro atoms. The molecule has 1 aliphatic heterocycles. The molecule has 1 fully saturated rings. The Balaban J connectivity index is 0.00000120. The lowest BCUT2D eigenvalue weighted by Gasteiger charge is -2.35. The van der Waals surface area contributed by atoms with Crippen molar-refractivity contribution >= 4 is 18.6 Å². The summed E-state index contributed by atoms with van der Waals surface area (Å²) in [5, 5.41) is 9.80. The molecule has 1 N–H and O–H groups in total. The molecule has 3 unspecified atom stereocenters. The second kappa shape index (κ2) is 5.29. The zero-order valence-electron chi connectivity index (χ0n) is 10.4. The number of hydrogen-bond donors (Lipinski definition) is 1. The number of nitrogens with zero attached hydrogens (tertiary/aromatic N) is 1. The molecule has 3 rings (SSSR count). The number of aliphatic imine (C=N–C) groups is 1. The molecule has 1 heterocycles. The lowest BCUT2D eigenvalue weighted by molar-refractivity contribution is 0.111. The molecule has 3 atom stereocenters. The van der Waals surface area contributed by atoms with Gasteiger partial charge in [-0.05, 0) is 42.5 Å². The Morgan fingerprint density at radius 1 is 1.33 bits per heavy atom.